The van der Waals surface area contributed by atoms with E-state index < -0.39 is 36.0 Å². The third-order valence-electron chi connectivity index (χ3n) is 5.67. The van der Waals surface area contributed by atoms with Gasteiger partial charge in [0, 0.05) is 30.8 Å². The average Bonchev–Trinajstić information content (AvgIpc) is 3.50. The largest absolute Gasteiger partial charge is 0.465 e. The second-order valence-electron chi connectivity index (χ2n) is 9.01. The fraction of sp³-hybridized carbons (Fsp3) is 0.364. The van der Waals surface area contributed by atoms with Crippen LogP contribution in [-0.2, 0) is 11.8 Å². The van der Waals surface area contributed by atoms with Crippen LogP contribution in [0.25, 0.3) is 11.5 Å². The van der Waals surface area contributed by atoms with Crippen LogP contribution in [0.2, 0.25) is 0 Å². The molecule has 0 aliphatic carbocycles. The van der Waals surface area contributed by atoms with E-state index in [4.69, 9.17) is 4.42 Å². The second kappa shape index (κ2) is 9.22. The predicted octanol–water partition coefficient (Wildman–Crippen LogP) is 3.53. The lowest BCUT2D eigenvalue weighted by molar-refractivity contribution is -0.124. The van der Waals surface area contributed by atoms with E-state index in [1.54, 1.807) is 7.05 Å². The first kappa shape index (κ1) is 25.7. The van der Waals surface area contributed by atoms with Crippen molar-refractivity contribution in [1.29, 1.82) is 0 Å². The predicted molar refractivity (Wildman–Crippen MR) is 123 cm³/mol. The average molecular weight is 521 g/mol. The van der Waals surface area contributed by atoms with E-state index in [0.717, 1.165) is 18.5 Å². The molecule has 0 saturated carbocycles. The Hall–Kier alpha value is -4.43. The number of halogens is 3. The van der Waals surface area contributed by atoms with Gasteiger partial charge in [-0.1, -0.05) is 13.8 Å². The number of carboxylic acid groups (broad SMARTS) is 1. The molecule has 4 heterocycles. The molecule has 4 rings (SSSR count). The number of rotatable bonds is 6. The van der Waals surface area contributed by atoms with E-state index >= 15 is 0 Å². The van der Waals surface area contributed by atoms with Crippen LogP contribution in [0.1, 0.15) is 30.8 Å². The monoisotopic (exact) mass is 521 g/mol. The molecular weight excluding hydrogens is 499 g/mol. The van der Waals surface area contributed by atoms with Gasteiger partial charge in [-0.3, -0.25) is 24.1 Å². The molecule has 15 heteroatoms. The first-order valence-corrected chi connectivity index (χ1v) is 10.9. The fourth-order valence-corrected chi connectivity index (χ4v) is 3.75. The Labute approximate surface area is 207 Å². The molecule has 1 fully saturated rings. The third kappa shape index (κ3) is 5.39. The van der Waals surface area contributed by atoms with Crippen LogP contribution in [0.5, 0.6) is 0 Å². The summed E-state index contributed by atoms with van der Waals surface area (Å²) in [7, 11) is 1.64. The normalized spacial score (nSPS) is 15.2. The number of anilines is 3. The van der Waals surface area contributed by atoms with Crippen LogP contribution >= 0.6 is 0 Å². The van der Waals surface area contributed by atoms with Gasteiger partial charge in [0.15, 0.2) is 11.5 Å². The van der Waals surface area contributed by atoms with Crippen LogP contribution in [0.3, 0.4) is 0 Å². The number of carbonyl (C=O) groups excluding carboxylic acids is 2. The maximum atomic E-state index is 12.9. The van der Waals surface area contributed by atoms with E-state index in [0.29, 0.717) is 13.0 Å². The zero-order chi connectivity index (χ0) is 27.1. The molecule has 0 bridgehead atoms. The fourth-order valence-electron chi connectivity index (χ4n) is 3.75. The minimum absolute atomic E-state index is 0.0327. The molecule has 3 aromatic rings. The van der Waals surface area contributed by atoms with Crippen molar-refractivity contribution in [3.8, 4) is 11.5 Å². The molecule has 1 saturated heterocycles. The Morgan fingerprint density at radius 1 is 1.32 bits per heavy atom. The van der Waals surface area contributed by atoms with E-state index in [9.17, 15) is 32.7 Å². The van der Waals surface area contributed by atoms with E-state index in [1.165, 1.54) is 21.8 Å². The molecule has 0 radical (unpaired) electrons. The van der Waals surface area contributed by atoms with Gasteiger partial charge in [0.1, 0.15) is 24.3 Å². The van der Waals surface area contributed by atoms with Crippen molar-refractivity contribution in [2.24, 2.45) is 12.5 Å². The Morgan fingerprint density at radius 2 is 2.05 bits per heavy atom. The van der Waals surface area contributed by atoms with Crippen LogP contribution in [0.15, 0.2) is 35.2 Å². The number of aryl methyl sites for hydroxylation is 1. The van der Waals surface area contributed by atoms with Crippen molar-refractivity contribution < 1.29 is 37.1 Å². The zero-order valence-electron chi connectivity index (χ0n) is 19.9. The lowest BCUT2D eigenvalue weighted by Crippen LogP contribution is -2.38. The highest BCUT2D eigenvalue weighted by Gasteiger charge is 2.41. The molecule has 0 atom stereocenters. The second-order valence-corrected chi connectivity index (χ2v) is 9.01. The number of alkyl halides is 3. The summed E-state index contributed by atoms with van der Waals surface area (Å²) in [6.07, 6.45) is -2.35. The molecule has 3 amide bonds. The van der Waals surface area contributed by atoms with Gasteiger partial charge in [0.25, 0.3) is 5.91 Å². The molecule has 1 aliphatic rings. The minimum atomic E-state index is -4.79. The Balaban J connectivity index is 1.55. The van der Waals surface area contributed by atoms with Crippen molar-refractivity contribution in [2.75, 3.05) is 28.2 Å². The molecule has 3 aromatic heterocycles. The molecule has 2 N–H and O–H groups in total. The Morgan fingerprint density at radius 3 is 2.68 bits per heavy atom. The topological polar surface area (TPSA) is 147 Å². The van der Waals surface area contributed by atoms with Crippen molar-refractivity contribution in [1.82, 2.24) is 19.7 Å². The SMILES string of the molecule is Cn1cc(NC(=O)c2coc(-c3ccnc(N(CC(F)(F)F)C(=O)O)c3)n2)c(N2CCC(C)(C)C2=O)n1. The number of nitrogens with one attached hydrogen (secondary N) is 1. The quantitative estimate of drug-likeness (QED) is 0.501. The van der Waals surface area contributed by atoms with Crippen LogP contribution < -0.4 is 15.1 Å². The highest BCUT2D eigenvalue weighted by Crippen LogP contribution is 2.36. The lowest BCUT2D eigenvalue weighted by atomic mass is 9.92. The van der Waals surface area contributed by atoms with Crippen LogP contribution in [0.4, 0.5) is 35.3 Å². The Bertz CT molecular complexity index is 1360. The Kier molecular flexibility index (Phi) is 6.39. The number of oxazole rings is 1. The highest BCUT2D eigenvalue weighted by molar-refractivity contribution is 6.07. The number of carbonyl (C=O) groups is 3. The maximum absolute atomic E-state index is 12.9. The van der Waals surface area contributed by atoms with Gasteiger partial charge < -0.3 is 14.8 Å². The molecule has 37 heavy (non-hydrogen) atoms. The van der Waals surface area contributed by atoms with Crippen LogP contribution in [-0.4, -0.2) is 62.0 Å². The van der Waals surface area contributed by atoms with Gasteiger partial charge in [-0.2, -0.15) is 18.3 Å². The summed E-state index contributed by atoms with van der Waals surface area (Å²) in [5, 5.41) is 16.1. The van der Waals surface area contributed by atoms with Gasteiger partial charge >= 0.3 is 12.3 Å². The highest BCUT2D eigenvalue weighted by atomic mass is 19.4. The van der Waals surface area contributed by atoms with E-state index in [1.807, 2.05) is 13.8 Å². The summed E-state index contributed by atoms with van der Waals surface area (Å²) >= 11 is 0. The summed E-state index contributed by atoms with van der Waals surface area (Å²) in [5.41, 5.74) is -0.343. The number of aromatic nitrogens is 4. The maximum Gasteiger partial charge on any atom is 0.413 e. The summed E-state index contributed by atoms with van der Waals surface area (Å²) in [6.45, 7) is 2.33. The number of hydrogen-bond acceptors (Lipinski definition) is 7. The number of nitrogens with zero attached hydrogens (tertiary/aromatic N) is 6. The van der Waals surface area contributed by atoms with Gasteiger partial charge in [-0.15, -0.1) is 0 Å². The van der Waals surface area contributed by atoms with Crippen molar-refractivity contribution in [2.45, 2.75) is 26.4 Å². The molecule has 0 unspecified atom stereocenters. The van der Waals surface area contributed by atoms with Gasteiger partial charge in [-0.05, 0) is 18.6 Å². The molecule has 196 valence electrons. The van der Waals surface area contributed by atoms with Crippen LogP contribution in [0, 0.1) is 5.41 Å². The molecule has 0 aromatic carbocycles. The third-order valence-corrected chi connectivity index (χ3v) is 5.67. The van der Waals surface area contributed by atoms with Crippen molar-refractivity contribution in [3.05, 3.63) is 36.5 Å². The van der Waals surface area contributed by atoms with E-state index in [-0.39, 0.29) is 39.5 Å². The first-order valence-electron chi connectivity index (χ1n) is 10.9. The van der Waals surface area contributed by atoms with Gasteiger partial charge in [-0.25, -0.2) is 14.8 Å². The summed E-state index contributed by atoms with van der Waals surface area (Å²) in [5.74, 6) is -1.17. The molecule has 12 nitrogen and oxygen atoms in total. The van der Waals surface area contributed by atoms with Gasteiger partial charge in [0.2, 0.25) is 11.8 Å². The summed E-state index contributed by atoms with van der Waals surface area (Å²) in [4.78, 5) is 46.2. The summed E-state index contributed by atoms with van der Waals surface area (Å²) in [6, 6.07) is 2.39. The number of amides is 3. The first-order chi connectivity index (χ1) is 17.2. The minimum Gasteiger partial charge on any atom is -0.465 e. The summed E-state index contributed by atoms with van der Waals surface area (Å²) < 4.78 is 45.2. The number of hydrogen-bond donors (Lipinski definition) is 2. The standard InChI is InChI=1S/C22H22F3N7O5/c1-21(2)5-7-31(19(21)34)16-13(9-30(3)29-16)27-17(33)14-10-37-18(28-14)12-4-6-26-15(8-12)32(20(35)36)11-22(23,24)25/h4,6,8-10H,5,7,11H2,1-3H3,(H,27,33)(H,35,36). The van der Waals surface area contributed by atoms with Gasteiger partial charge in [0.05, 0.1) is 6.20 Å². The smallest absolute Gasteiger partial charge is 0.413 e. The van der Waals surface area contributed by atoms with Crippen molar-refractivity contribution in [3.63, 3.8) is 0 Å². The lowest BCUT2D eigenvalue weighted by Gasteiger charge is -2.19. The van der Waals surface area contributed by atoms with E-state index in [2.05, 4.69) is 20.4 Å². The molecular formula is C22H22F3N7O5. The zero-order valence-corrected chi connectivity index (χ0v) is 19.9. The van der Waals surface area contributed by atoms with Crippen molar-refractivity contribution >= 4 is 35.2 Å². The number of pyridine rings is 1. The molecule has 0 spiro atoms. The molecule has 1 aliphatic heterocycles.